The predicted octanol–water partition coefficient (Wildman–Crippen LogP) is 2.22. The van der Waals surface area contributed by atoms with Crippen molar-refractivity contribution in [2.75, 3.05) is 18.5 Å². The van der Waals surface area contributed by atoms with Crippen molar-refractivity contribution in [3.05, 3.63) is 47.7 Å². The highest BCUT2D eigenvalue weighted by Gasteiger charge is 2.20. The maximum Gasteiger partial charge on any atom is 0.341 e. The lowest BCUT2D eigenvalue weighted by Gasteiger charge is -2.23. The zero-order chi connectivity index (χ0) is 15.4. The number of carboxylic acid groups (broad SMARTS) is 1. The van der Waals surface area contributed by atoms with Crippen LogP contribution >= 0.6 is 0 Å². The summed E-state index contributed by atoms with van der Waals surface area (Å²) in [5.74, 6) is -0.524. The molecule has 1 fully saturated rings. The molecule has 0 atom stereocenters. The Hall–Kier alpha value is -2.34. The molecule has 2 N–H and O–H groups in total. The number of nitrogens with one attached hydrogen (secondary N) is 1. The molecule has 0 bridgehead atoms. The van der Waals surface area contributed by atoms with Crippen LogP contribution in [0.3, 0.4) is 0 Å². The quantitative estimate of drug-likeness (QED) is 0.885. The molecule has 6 heteroatoms. The highest BCUT2D eigenvalue weighted by molar-refractivity contribution is 5.92. The van der Waals surface area contributed by atoms with Crippen molar-refractivity contribution in [1.29, 1.82) is 0 Å². The molecule has 0 aliphatic carbocycles. The van der Waals surface area contributed by atoms with E-state index in [0.29, 0.717) is 25.6 Å². The monoisotopic (exact) mass is 301 g/mol. The summed E-state index contributed by atoms with van der Waals surface area (Å²) in [6.07, 6.45) is 3.31. The lowest BCUT2D eigenvalue weighted by atomic mass is 10.1. The summed E-state index contributed by atoms with van der Waals surface area (Å²) < 4.78 is 6.98. The highest BCUT2D eigenvalue weighted by atomic mass is 16.5. The molecule has 1 aliphatic rings. The lowest BCUT2D eigenvalue weighted by molar-refractivity contribution is 0.0697. The molecule has 22 heavy (non-hydrogen) atoms. The maximum atomic E-state index is 11.4. The van der Waals surface area contributed by atoms with Crippen LogP contribution in [0.2, 0.25) is 0 Å². The van der Waals surface area contributed by atoms with E-state index in [1.807, 2.05) is 30.3 Å². The number of aromatic carboxylic acids is 1. The Bertz CT molecular complexity index is 633. The molecule has 3 rings (SSSR count). The molecule has 116 valence electrons. The van der Waals surface area contributed by atoms with E-state index in [2.05, 4.69) is 10.4 Å². The third-order valence-corrected chi connectivity index (χ3v) is 3.74. The van der Waals surface area contributed by atoms with Crippen molar-refractivity contribution in [3.63, 3.8) is 0 Å². The number of ether oxygens (including phenoxy) is 1. The van der Waals surface area contributed by atoms with Crippen molar-refractivity contribution < 1.29 is 14.6 Å². The summed E-state index contributed by atoms with van der Waals surface area (Å²) in [7, 11) is 0. The molecule has 1 aromatic carbocycles. The SMILES string of the molecule is O=C(O)c1cn(Cc2ccccc2)nc1NC1CCOCC1. The van der Waals surface area contributed by atoms with Crippen molar-refractivity contribution >= 4 is 11.8 Å². The zero-order valence-electron chi connectivity index (χ0n) is 12.2. The van der Waals surface area contributed by atoms with Crippen LogP contribution < -0.4 is 5.32 Å². The zero-order valence-corrected chi connectivity index (χ0v) is 12.2. The van der Waals surface area contributed by atoms with E-state index in [1.165, 1.54) is 0 Å². The van der Waals surface area contributed by atoms with Crippen LogP contribution in [0.4, 0.5) is 5.82 Å². The van der Waals surface area contributed by atoms with Crippen molar-refractivity contribution in [1.82, 2.24) is 9.78 Å². The van der Waals surface area contributed by atoms with Gasteiger partial charge in [-0.05, 0) is 18.4 Å². The lowest BCUT2D eigenvalue weighted by Crippen LogP contribution is -2.28. The fourth-order valence-electron chi connectivity index (χ4n) is 2.57. The molecule has 0 amide bonds. The first kappa shape index (κ1) is 14.6. The van der Waals surface area contributed by atoms with Gasteiger partial charge in [-0.25, -0.2) is 4.79 Å². The number of anilines is 1. The highest BCUT2D eigenvalue weighted by Crippen LogP contribution is 2.19. The number of carbonyl (C=O) groups is 1. The molecule has 0 radical (unpaired) electrons. The first-order chi connectivity index (χ1) is 10.7. The molecule has 0 saturated carbocycles. The summed E-state index contributed by atoms with van der Waals surface area (Å²) in [5.41, 5.74) is 1.29. The molecule has 0 unspecified atom stereocenters. The number of rotatable bonds is 5. The molecule has 1 saturated heterocycles. The molecule has 2 aromatic rings. The van der Waals surface area contributed by atoms with Gasteiger partial charge in [0.05, 0.1) is 6.54 Å². The second-order valence-corrected chi connectivity index (χ2v) is 5.41. The molecule has 1 aliphatic heterocycles. The van der Waals surface area contributed by atoms with Crippen LogP contribution in [-0.4, -0.2) is 40.1 Å². The topological polar surface area (TPSA) is 76.4 Å². The van der Waals surface area contributed by atoms with Crippen LogP contribution in [0, 0.1) is 0 Å². The maximum absolute atomic E-state index is 11.4. The normalized spacial score (nSPS) is 15.6. The average Bonchev–Trinajstić information content (AvgIpc) is 2.92. The minimum absolute atomic E-state index is 0.211. The number of benzene rings is 1. The Morgan fingerprint density at radius 2 is 2.05 bits per heavy atom. The van der Waals surface area contributed by atoms with Gasteiger partial charge in [-0.3, -0.25) is 4.68 Å². The van der Waals surface area contributed by atoms with Crippen molar-refractivity contribution in [3.8, 4) is 0 Å². The summed E-state index contributed by atoms with van der Waals surface area (Å²) >= 11 is 0. The van der Waals surface area contributed by atoms with Gasteiger partial charge in [0, 0.05) is 25.5 Å². The molecule has 0 spiro atoms. The van der Waals surface area contributed by atoms with Crippen LogP contribution in [0.1, 0.15) is 28.8 Å². The Balaban J connectivity index is 1.77. The van der Waals surface area contributed by atoms with Crippen LogP contribution in [0.25, 0.3) is 0 Å². The summed E-state index contributed by atoms with van der Waals surface area (Å²) in [6, 6.07) is 10.1. The first-order valence-corrected chi connectivity index (χ1v) is 7.41. The summed E-state index contributed by atoms with van der Waals surface area (Å²) in [5, 5.41) is 17.0. The third-order valence-electron chi connectivity index (χ3n) is 3.74. The van der Waals surface area contributed by atoms with E-state index in [1.54, 1.807) is 10.9 Å². The average molecular weight is 301 g/mol. The Kier molecular flexibility index (Phi) is 4.39. The fourth-order valence-corrected chi connectivity index (χ4v) is 2.57. The minimum Gasteiger partial charge on any atom is -0.477 e. The second-order valence-electron chi connectivity index (χ2n) is 5.41. The minimum atomic E-state index is -0.964. The van der Waals surface area contributed by atoms with E-state index in [4.69, 9.17) is 4.74 Å². The van der Waals surface area contributed by atoms with Gasteiger partial charge in [0.2, 0.25) is 0 Å². The number of hydrogen-bond acceptors (Lipinski definition) is 4. The number of aromatic nitrogens is 2. The molecule has 6 nitrogen and oxygen atoms in total. The predicted molar refractivity (Wildman–Crippen MR) is 82.2 cm³/mol. The smallest absolute Gasteiger partial charge is 0.341 e. The van der Waals surface area contributed by atoms with Crippen LogP contribution in [0.5, 0.6) is 0 Å². The van der Waals surface area contributed by atoms with Crippen molar-refractivity contribution in [2.24, 2.45) is 0 Å². The van der Waals surface area contributed by atoms with Gasteiger partial charge in [0.25, 0.3) is 0 Å². The van der Waals surface area contributed by atoms with E-state index >= 15 is 0 Å². The second kappa shape index (κ2) is 6.62. The molecule has 2 heterocycles. The van der Waals surface area contributed by atoms with Crippen molar-refractivity contribution in [2.45, 2.75) is 25.4 Å². The Morgan fingerprint density at radius 1 is 1.32 bits per heavy atom. The van der Waals surface area contributed by atoms with Gasteiger partial charge < -0.3 is 15.2 Å². The molecule has 1 aromatic heterocycles. The molecular weight excluding hydrogens is 282 g/mol. The number of carboxylic acids is 1. The Labute approximate surface area is 128 Å². The standard InChI is InChI=1S/C16H19N3O3/c20-16(21)14-11-19(10-12-4-2-1-3-5-12)18-15(14)17-13-6-8-22-9-7-13/h1-5,11,13H,6-10H2,(H,17,18)(H,20,21). The van der Waals surface area contributed by atoms with E-state index in [-0.39, 0.29) is 11.6 Å². The van der Waals surface area contributed by atoms with Gasteiger partial charge in [0.15, 0.2) is 5.82 Å². The number of hydrogen-bond donors (Lipinski definition) is 2. The largest absolute Gasteiger partial charge is 0.477 e. The summed E-state index contributed by atoms with van der Waals surface area (Å²) in [4.78, 5) is 11.4. The fraction of sp³-hybridized carbons (Fsp3) is 0.375. The van der Waals surface area contributed by atoms with E-state index in [0.717, 1.165) is 18.4 Å². The third kappa shape index (κ3) is 3.46. The van der Waals surface area contributed by atoms with E-state index < -0.39 is 5.97 Å². The summed E-state index contributed by atoms with van der Waals surface area (Å²) in [6.45, 7) is 1.95. The first-order valence-electron chi connectivity index (χ1n) is 7.41. The van der Waals surface area contributed by atoms with Gasteiger partial charge >= 0.3 is 5.97 Å². The van der Waals surface area contributed by atoms with Gasteiger partial charge in [-0.15, -0.1) is 0 Å². The number of nitrogens with zero attached hydrogens (tertiary/aromatic N) is 2. The van der Waals surface area contributed by atoms with Gasteiger partial charge in [-0.1, -0.05) is 30.3 Å². The van der Waals surface area contributed by atoms with Gasteiger partial charge in [-0.2, -0.15) is 5.10 Å². The van der Waals surface area contributed by atoms with E-state index in [9.17, 15) is 9.90 Å². The molecular formula is C16H19N3O3. The van der Waals surface area contributed by atoms with Gasteiger partial charge in [0.1, 0.15) is 5.56 Å². The Morgan fingerprint density at radius 3 is 2.73 bits per heavy atom. The van der Waals surface area contributed by atoms with Crippen LogP contribution in [-0.2, 0) is 11.3 Å². The van der Waals surface area contributed by atoms with Crippen LogP contribution in [0.15, 0.2) is 36.5 Å².